The lowest BCUT2D eigenvalue weighted by molar-refractivity contribution is -0.131. The van der Waals surface area contributed by atoms with E-state index in [1.807, 2.05) is 0 Å². The highest BCUT2D eigenvalue weighted by atomic mass is 16.4. The molecule has 1 aliphatic rings. The molecule has 1 atom stereocenters. The van der Waals surface area contributed by atoms with Crippen LogP contribution >= 0.6 is 0 Å². The van der Waals surface area contributed by atoms with E-state index in [0.29, 0.717) is 6.04 Å². The number of carboxylic acids is 1. The minimum Gasteiger partial charge on any atom is -0.478 e. The molecular weight excluding hydrogens is 166 g/mol. The molecule has 0 heterocycles. The van der Waals surface area contributed by atoms with Crippen molar-refractivity contribution in [2.24, 2.45) is 5.92 Å². The fourth-order valence-electron chi connectivity index (χ4n) is 1.86. The standard InChI is InChI=1S/C10H17NO2/c1-8(9-4-2-3-5-9)11-7-6-10(12)13/h6-9,11H,2-5H2,1H3,(H,12,13)/b7-6+/t8-/m1/s1. The maximum atomic E-state index is 10.2. The third kappa shape index (κ3) is 3.49. The summed E-state index contributed by atoms with van der Waals surface area (Å²) >= 11 is 0. The first-order valence-corrected chi connectivity index (χ1v) is 4.85. The molecule has 0 amide bonds. The molecule has 2 N–H and O–H groups in total. The van der Waals surface area contributed by atoms with E-state index in [-0.39, 0.29) is 0 Å². The minimum absolute atomic E-state index is 0.401. The normalized spacial score (nSPS) is 20.7. The molecule has 3 heteroatoms. The maximum absolute atomic E-state index is 10.2. The Morgan fingerprint density at radius 2 is 2.15 bits per heavy atom. The van der Waals surface area contributed by atoms with Gasteiger partial charge in [-0.15, -0.1) is 0 Å². The van der Waals surface area contributed by atoms with Crippen LogP contribution in [0.15, 0.2) is 12.3 Å². The van der Waals surface area contributed by atoms with Gasteiger partial charge in [0, 0.05) is 18.3 Å². The van der Waals surface area contributed by atoms with Crippen molar-refractivity contribution < 1.29 is 9.90 Å². The summed E-state index contributed by atoms with van der Waals surface area (Å²) in [4.78, 5) is 10.2. The number of hydrogen-bond donors (Lipinski definition) is 2. The smallest absolute Gasteiger partial charge is 0.329 e. The number of carboxylic acid groups (broad SMARTS) is 1. The molecule has 1 rings (SSSR count). The predicted molar refractivity (Wildman–Crippen MR) is 51.3 cm³/mol. The highest BCUT2D eigenvalue weighted by Gasteiger charge is 2.20. The molecule has 0 aromatic carbocycles. The molecule has 0 saturated heterocycles. The van der Waals surface area contributed by atoms with Crippen LogP contribution in [0.3, 0.4) is 0 Å². The summed E-state index contributed by atoms with van der Waals surface area (Å²) in [6.45, 7) is 2.11. The number of hydrogen-bond acceptors (Lipinski definition) is 2. The summed E-state index contributed by atoms with van der Waals surface area (Å²) in [6, 6.07) is 0.401. The molecule has 1 fully saturated rings. The van der Waals surface area contributed by atoms with E-state index in [1.165, 1.54) is 31.9 Å². The van der Waals surface area contributed by atoms with Gasteiger partial charge >= 0.3 is 5.97 Å². The number of aliphatic carboxylic acids is 1. The van der Waals surface area contributed by atoms with Gasteiger partial charge in [0.05, 0.1) is 0 Å². The molecule has 0 bridgehead atoms. The van der Waals surface area contributed by atoms with Crippen LogP contribution in [0, 0.1) is 5.92 Å². The second kappa shape index (κ2) is 4.90. The van der Waals surface area contributed by atoms with Crippen LogP contribution in [0.25, 0.3) is 0 Å². The zero-order valence-electron chi connectivity index (χ0n) is 7.99. The van der Waals surface area contributed by atoms with Crippen molar-refractivity contribution in [1.82, 2.24) is 5.32 Å². The number of nitrogens with one attached hydrogen (secondary N) is 1. The highest BCUT2D eigenvalue weighted by molar-refractivity contribution is 5.79. The fraction of sp³-hybridized carbons (Fsp3) is 0.700. The molecule has 0 spiro atoms. The van der Waals surface area contributed by atoms with Gasteiger partial charge in [-0.2, -0.15) is 0 Å². The molecule has 0 unspecified atom stereocenters. The average molecular weight is 183 g/mol. The first-order chi connectivity index (χ1) is 6.20. The third-order valence-corrected chi connectivity index (χ3v) is 2.69. The molecule has 1 aliphatic carbocycles. The Kier molecular flexibility index (Phi) is 3.80. The maximum Gasteiger partial charge on any atom is 0.329 e. The van der Waals surface area contributed by atoms with Gasteiger partial charge in [-0.3, -0.25) is 0 Å². The Morgan fingerprint density at radius 1 is 1.54 bits per heavy atom. The fourth-order valence-corrected chi connectivity index (χ4v) is 1.86. The first-order valence-electron chi connectivity index (χ1n) is 4.85. The zero-order chi connectivity index (χ0) is 9.68. The summed E-state index contributed by atoms with van der Waals surface area (Å²) in [5, 5.41) is 11.5. The lowest BCUT2D eigenvalue weighted by Crippen LogP contribution is -2.28. The van der Waals surface area contributed by atoms with Crippen molar-refractivity contribution in [3.05, 3.63) is 12.3 Å². The van der Waals surface area contributed by atoms with Crippen LogP contribution in [0.1, 0.15) is 32.6 Å². The van der Waals surface area contributed by atoms with Gasteiger partial charge in [0.1, 0.15) is 0 Å². The van der Waals surface area contributed by atoms with E-state index in [2.05, 4.69) is 12.2 Å². The Morgan fingerprint density at radius 3 is 2.69 bits per heavy atom. The van der Waals surface area contributed by atoms with Gasteiger partial charge in [0.25, 0.3) is 0 Å². The monoisotopic (exact) mass is 183 g/mol. The zero-order valence-corrected chi connectivity index (χ0v) is 7.99. The van der Waals surface area contributed by atoms with Crippen LogP contribution in [0.5, 0.6) is 0 Å². The van der Waals surface area contributed by atoms with Gasteiger partial charge in [-0.25, -0.2) is 4.79 Å². The average Bonchev–Trinajstić information content (AvgIpc) is 2.55. The second-order valence-electron chi connectivity index (χ2n) is 3.67. The Balaban J connectivity index is 2.23. The molecular formula is C10H17NO2. The predicted octanol–water partition coefficient (Wildman–Crippen LogP) is 1.75. The van der Waals surface area contributed by atoms with E-state index in [4.69, 9.17) is 5.11 Å². The minimum atomic E-state index is -0.897. The van der Waals surface area contributed by atoms with Crippen molar-refractivity contribution in [2.75, 3.05) is 0 Å². The van der Waals surface area contributed by atoms with Crippen molar-refractivity contribution in [1.29, 1.82) is 0 Å². The summed E-state index contributed by atoms with van der Waals surface area (Å²) in [6.07, 6.45) is 7.86. The number of rotatable bonds is 4. The Labute approximate surface area is 78.8 Å². The van der Waals surface area contributed by atoms with Gasteiger partial charge in [0.15, 0.2) is 0 Å². The first kappa shape index (κ1) is 10.1. The highest BCUT2D eigenvalue weighted by Crippen LogP contribution is 2.27. The molecule has 0 radical (unpaired) electrons. The summed E-state index contributed by atoms with van der Waals surface area (Å²) in [5.74, 6) is -0.176. The van der Waals surface area contributed by atoms with Crippen LogP contribution < -0.4 is 5.32 Å². The SMILES string of the molecule is C[C@@H](N/C=C/C(=O)O)C1CCCC1. The van der Waals surface area contributed by atoms with Crippen molar-refractivity contribution in [3.63, 3.8) is 0 Å². The van der Waals surface area contributed by atoms with Crippen LogP contribution in [0.2, 0.25) is 0 Å². The Hall–Kier alpha value is -0.990. The molecule has 3 nitrogen and oxygen atoms in total. The number of carbonyl (C=O) groups is 1. The summed E-state index contributed by atoms with van der Waals surface area (Å²) in [7, 11) is 0. The van der Waals surface area contributed by atoms with Crippen LogP contribution in [-0.4, -0.2) is 17.1 Å². The van der Waals surface area contributed by atoms with Gasteiger partial charge in [-0.1, -0.05) is 12.8 Å². The van der Waals surface area contributed by atoms with Crippen molar-refractivity contribution >= 4 is 5.97 Å². The lowest BCUT2D eigenvalue weighted by Gasteiger charge is -2.18. The van der Waals surface area contributed by atoms with Crippen LogP contribution in [-0.2, 0) is 4.79 Å². The van der Waals surface area contributed by atoms with Gasteiger partial charge < -0.3 is 10.4 Å². The van der Waals surface area contributed by atoms with E-state index in [0.717, 1.165) is 12.0 Å². The third-order valence-electron chi connectivity index (χ3n) is 2.69. The molecule has 1 saturated carbocycles. The van der Waals surface area contributed by atoms with E-state index < -0.39 is 5.97 Å². The van der Waals surface area contributed by atoms with Crippen molar-refractivity contribution in [3.8, 4) is 0 Å². The van der Waals surface area contributed by atoms with Gasteiger partial charge in [0.2, 0.25) is 0 Å². The molecule has 74 valence electrons. The van der Waals surface area contributed by atoms with E-state index >= 15 is 0 Å². The second-order valence-corrected chi connectivity index (χ2v) is 3.67. The topological polar surface area (TPSA) is 49.3 Å². The summed E-state index contributed by atoms with van der Waals surface area (Å²) in [5.41, 5.74) is 0. The van der Waals surface area contributed by atoms with E-state index in [9.17, 15) is 4.79 Å². The van der Waals surface area contributed by atoms with Gasteiger partial charge in [-0.05, 0) is 25.7 Å². The quantitative estimate of drug-likeness (QED) is 0.653. The molecule has 0 aliphatic heterocycles. The largest absolute Gasteiger partial charge is 0.478 e. The molecule has 13 heavy (non-hydrogen) atoms. The molecule has 0 aromatic heterocycles. The lowest BCUT2D eigenvalue weighted by atomic mass is 10.0. The Bertz CT molecular complexity index is 195. The molecule has 0 aromatic rings. The summed E-state index contributed by atoms with van der Waals surface area (Å²) < 4.78 is 0. The van der Waals surface area contributed by atoms with Crippen molar-refractivity contribution in [2.45, 2.75) is 38.6 Å². The van der Waals surface area contributed by atoms with E-state index in [1.54, 1.807) is 0 Å². The van der Waals surface area contributed by atoms with Crippen LogP contribution in [0.4, 0.5) is 0 Å².